The van der Waals surface area contributed by atoms with Gasteiger partial charge in [0.1, 0.15) is 11.5 Å². The number of phenolic OH excluding ortho intramolecular Hbond substituents is 1. The third-order valence-electron chi connectivity index (χ3n) is 7.62. The van der Waals surface area contributed by atoms with Crippen molar-refractivity contribution in [2.45, 2.75) is 39.3 Å². The number of aromatic hydroxyl groups is 1. The normalized spacial score (nSPS) is 12.5. The van der Waals surface area contributed by atoms with E-state index < -0.39 is 30.6 Å². The minimum absolute atomic E-state index is 0.143. The van der Waals surface area contributed by atoms with Gasteiger partial charge in [-0.2, -0.15) is 0 Å². The van der Waals surface area contributed by atoms with E-state index in [9.17, 15) is 10.2 Å². The van der Waals surface area contributed by atoms with E-state index in [1.165, 1.54) is 0 Å². The number of benzene rings is 5. The van der Waals surface area contributed by atoms with E-state index in [0.717, 1.165) is 26.3 Å². The van der Waals surface area contributed by atoms with Crippen LogP contribution in [0.15, 0.2) is 171 Å². The molecule has 2 N–H and O–H groups in total. The van der Waals surface area contributed by atoms with Crippen molar-refractivity contribution in [3.8, 4) is 5.75 Å². The second-order valence-electron chi connectivity index (χ2n) is 13.8. The fourth-order valence-corrected chi connectivity index (χ4v) is 24.5. The molecule has 0 bridgehead atoms. The maximum atomic E-state index is 13.0. The van der Waals surface area contributed by atoms with E-state index in [0.29, 0.717) is 5.56 Å². The molecule has 4 nitrogen and oxygen atoms in total. The molecule has 5 aromatic carbocycles. The zero-order valence-electron chi connectivity index (χ0n) is 28.7. The van der Waals surface area contributed by atoms with Crippen LogP contribution in [0.1, 0.15) is 5.56 Å². The second-order valence-corrected chi connectivity index (χ2v) is 29.9. The number of hydrogen-bond acceptors (Lipinski definition) is 4. The Morgan fingerprint density at radius 3 is 1.12 bits per heavy atom. The molecule has 0 spiro atoms. The van der Waals surface area contributed by atoms with E-state index in [2.05, 4.69) is 136 Å². The highest BCUT2D eigenvalue weighted by Gasteiger charge is 2.45. The number of para-hydroxylation sites is 1. The van der Waals surface area contributed by atoms with Crippen LogP contribution in [0, 0.1) is 0 Å². The first-order valence-corrected chi connectivity index (χ1v) is 26.6. The maximum absolute atomic E-state index is 13.0. The van der Waals surface area contributed by atoms with E-state index in [-0.39, 0.29) is 11.5 Å². The summed E-state index contributed by atoms with van der Waals surface area (Å²) in [6.45, 7) is 13.7. The number of rotatable bonds is 10. The lowest BCUT2D eigenvalue weighted by atomic mass is 10.2. The van der Waals surface area contributed by atoms with Crippen LogP contribution in [-0.4, -0.2) is 26.7 Å². The van der Waals surface area contributed by atoms with Crippen LogP contribution in [-0.2, 0) is 0 Å². The predicted octanol–water partition coefficient (Wildman–Crippen LogP) is 10.5. The van der Waals surface area contributed by atoms with Gasteiger partial charge in [0, 0.05) is 5.56 Å². The summed E-state index contributed by atoms with van der Waals surface area (Å²) < 4.78 is 12.1. The molecule has 0 aliphatic carbocycles. The number of hydrogen-bond donors (Lipinski definition) is 2. The molecule has 0 heterocycles. The van der Waals surface area contributed by atoms with Crippen molar-refractivity contribution in [3.05, 3.63) is 168 Å². The van der Waals surface area contributed by atoms with Crippen LogP contribution in [0.4, 0.5) is 0 Å². The van der Waals surface area contributed by atoms with Crippen molar-refractivity contribution in [3.63, 3.8) is 0 Å². The topological polar surface area (TPSA) is 65.2 Å². The Labute approximate surface area is 288 Å². The van der Waals surface area contributed by atoms with Crippen LogP contribution in [0.2, 0.25) is 39.3 Å². The Morgan fingerprint density at radius 1 is 0.500 bits per heavy atom. The van der Waals surface area contributed by atoms with Gasteiger partial charge in [0.15, 0.2) is 16.5 Å². The molecule has 0 aliphatic rings. The van der Waals surface area contributed by atoms with Crippen molar-refractivity contribution in [2.24, 2.45) is 8.82 Å². The van der Waals surface area contributed by atoms with Gasteiger partial charge in [-0.1, -0.05) is 179 Å². The summed E-state index contributed by atoms with van der Waals surface area (Å²) in [5.74, 6) is 0.297. The number of nitrogens with zero attached hydrogens (tertiary/aromatic N) is 2. The minimum atomic E-state index is -2.98. The molecule has 0 radical (unpaired) electrons. The summed E-state index contributed by atoms with van der Waals surface area (Å²) in [5.41, 5.74) is 0.624. The molecule has 0 amide bonds. The molecule has 246 valence electrons. The standard InChI is InChI=1S/C40H46N2O2P2Si2/c1-47(2,3)41-45(34-22-11-7-12-23-34,35-24-13-8-14-25-35)40(39(44)32-31-33-21-19-20-30-38(33)43)46(42-48(4,5)6,36-26-15-9-16-27-36)37-28-17-10-18-29-37/h7-32,43-44H,1-6H3/b32-31+. The molecule has 0 atom stereocenters. The summed E-state index contributed by atoms with van der Waals surface area (Å²) >= 11 is 0. The van der Waals surface area contributed by atoms with Crippen molar-refractivity contribution >= 4 is 57.9 Å². The SMILES string of the molecule is C[Si](C)(C)N=P(C(=C(O)/C=C/c1ccccc1O)P(=N[Si](C)(C)C)(c1ccccc1)c1ccccc1)(c1ccccc1)c1ccccc1. The van der Waals surface area contributed by atoms with E-state index in [1.807, 2.05) is 42.5 Å². The van der Waals surface area contributed by atoms with Gasteiger partial charge in [0.2, 0.25) is 0 Å². The van der Waals surface area contributed by atoms with Crippen LogP contribution >= 0.6 is 14.1 Å². The van der Waals surface area contributed by atoms with E-state index in [1.54, 1.807) is 18.2 Å². The highest BCUT2D eigenvalue weighted by molar-refractivity contribution is 8.02. The van der Waals surface area contributed by atoms with Crippen LogP contribution in [0.5, 0.6) is 5.75 Å². The van der Waals surface area contributed by atoms with E-state index in [4.69, 9.17) is 8.82 Å². The molecule has 0 unspecified atom stereocenters. The van der Waals surface area contributed by atoms with Crippen LogP contribution in [0.25, 0.3) is 6.08 Å². The Balaban J connectivity index is 2.16. The van der Waals surface area contributed by atoms with Crippen molar-refractivity contribution in [1.29, 1.82) is 0 Å². The van der Waals surface area contributed by atoms with Crippen LogP contribution in [0.3, 0.4) is 0 Å². The molecule has 5 rings (SSSR count). The second kappa shape index (κ2) is 14.7. The Morgan fingerprint density at radius 2 is 0.812 bits per heavy atom. The lowest BCUT2D eigenvalue weighted by Gasteiger charge is -2.41. The molecule has 0 saturated carbocycles. The minimum Gasteiger partial charge on any atom is -0.507 e. The molecular weight excluding hydrogens is 659 g/mol. The molecule has 8 heteroatoms. The van der Waals surface area contributed by atoms with Gasteiger partial charge in [-0.15, -0.1) is 0 Å². The fraction of sp³-hybridized carbons (Fsp3) is 0.150. The molecule has 0 aromatic heterocycles. The molecule has 0 aliphatic heterocycles. The third kappa shape index (κ3) is 7.69. The maximum Gasteiger partial charge on any atom is 0.171 e. The quantitative estimate of drug-likeness (QED) is 0.0658. The summed E-state index contributed by atoms with van der Waals surface area (Å²) in [4.78, 5) is 0. The van der Waals surface area contributed by atoms with Gasteiger partial charge in [-0.05, 0) is 39.4 Å². The van der Waals surface area contributed by atoms with Gasteiger partial charge in [0.25, 0.3) is 0 Å². The zero-order chi connectivity index (χ0) is 34.4. The largest absolute Gasteiger partial charge is 0.507 e. The summed E-state index contributed by atoms with van der Waals surface area (Å²) in [7, 11) is -10.5. The summed E-state index contributed by atoms with van der Waals surface area (Å²) in [6, 6.07) is 49.5. The third-order valence-corrected chi connectivity index (χ3v) is 22.4. The van der Waals surface area contributed by atoms with Crippen molar-refractivity contribution in [2.75, 3.05) is 0 Å². The number of allylic oxidation sites excluding steroid dienone is 1. The molecular formula is C40H46N2O2P2Si2. The van der Waals surface area contributed by atoms with Crippen molar-refractivity contribution < 1.29 is 10.2 Å². The summed E-state index contributed by atoms with van der Waals surface area (Å²) in [5, 5.41) is 29.0. The van der Waals surface area contributed by atoms with Gasteiger partial charge >= 0.3 is 0 Å². The van der Waals surface area contributed by atoms with Gasteiger partial charge in [0.05, 0.1) is 19.2 Å². The Kier molecular flexibility index (Phi) is 10.8. The first-order chi connectivity index (χ1) is 22.9. The fourth-order valence-electron chi connectivity index (χ4n) is 6.00. The lowest BCUT2D eigenvalue weighted by molar-refractivity contribution is 0.433. The van der Waals surface area contributed by atoms with Gasteiger partial charge in [-0.3, -0.25) is 0 Å². The van der Waals surface area contributed by atoms with E-state index >= 15 is 0 Å². The molecule has 48 heavy (non-hydrogen) atoms. The van der Waals surface area contributed by atoms with Gasteiger partial charge < -0.3 is 19.0 Å². The molecule has 5 aromatic rings. The van der Waals surface area contributed by atoms with Crippen LogP contribution < -0.4 is 21.2 Å². The Hall–Kier alpha value is -3.93. The average molecular weight is 705 g/mol. The predicted molar refractivity (Wildman–Crippen MR) is 216 cm³/mol. The number of aliphatic hydroxyl groups excluding tert-OH is 1. The summed E-state index contributed by atoms with van der Waals surface area (Å²) in [6.07, 6.45) is 3.58. The monoisotopic (exact) mass is 704 g/mol. The lowest BCUT2D eigenvalue weighted by Crippen LogP contribution is -2.30. The highest BCUT2D eigenvalue weighted by atomic mass is 31.2. The average Bonchev–Trinajstić information content (AvgIpc) is 3.07. The van der Waals surface area contributed by atoms with Gasteiger partial charge in [-0.25, -0.2) is 0 Å². The smallest absolute Gasteiger partial charge is 0.171 e. The van der Waals surface area contributed by atoms with Crippen molar-refractivity contribution in [1.82, 2.24) is 0 Å². The molecule has 0 saturated heterocycles. The number of phenols is 1. The first-order valence-electron chi connectivity index (χ1n) is 16.3. The number of aliphatic hydroxyl groups is 1. The molecule has 0 fully saturated rings. The highest BCUT2D eigenvalue weighted by Crippen LogP contribution is 2.74. The zero-order valence-corrected chi connectivity index (χ0v) is 32.5. The Bertz CT molecular complexity index is 1810. The first kappa shape index (κ1) is 35.4.